The molecule has 36 heavy (non-hydrogen) atoms. The van der Waals surface area contributed by atoms with E-state index in [1.54, 1.807) is 0 Å². The molecule has 4 aromatic carbocycles. The normalized spacial score (nSPS) is 11.0. The quantitative estimate of drug-likeness (QED) is 0.183. The summed E-state index contributed by atoms with van der Waals surface area (Å²) in [6.45, 7) is 7.49. The van der Waals surface area contributed by atoms with Crippen LogP contribution in [0.4, 0.5) is 22.7 Å². The fourth-order valence-corrected chi connectivity index (χ4v) is 3.08. The Balaban J connectivity index is 1.43. The Morgan fingerprint density at radius 3 is 1.03 bits per heavy atom. The molecule has 6 heteroatoms. The van der Waals surface area contributed by atoms with Crippen LogP contribution in [0.3, 0.4) is 0 Å². The van der Waals surface area contributed by atoms with Crippen LogP contribution < -0.4 is 0 Å². The molecule has 0 saturated heterocycles. The van der Waals surface area contributed by atoms with E-state index in [4.69, 9.17) is 0 Å². The van der Waals surface area contributed by atoms with Gasteiger partial charge in [0.15, 0.2) is 0 Å². The highest BCUT2D eigenvalue weighted by Crippen LogP contribution is 2.25. The lowest BCUT2D eigenvalue weighted by Crippen LogP contribution is -1.81. The van der Waals surface area contributed by atoms with E-state index in [0.717, 1.165) is 33.9 Å². The summed E-state index contributed by atoms with van der Waals surface area (Å²) in [7, 11) is 0. The minimum absolute atomic E-state index is 0.488. The van der Waals surface area contributed by atoms with E-state index in [1.807, 2.05) is 109 Å². The summed E-state index contributed by atoms with van der Waals surface area (Å²) in [5.74, 6) is 0. The molecule has 0 heterocycles. The monoisotopic (exact) mass is 466 g/mol. The van der Waals surface area contributed by atoms with Gasteiger partial charge in [0.1, 0.15) is 11.4 Å². The summed E-state index contributed by atoms with van der Waals surface area (Å²) in [6.07, 6.45) is 0. The summed E-state index contributed by atoms with van der Waals surface area (Å²) in [6, 6.07) is 34.0. The van der Waals surface area contributed by atoms with Gasteiger partial charge >= 0.3 is 0 Å². The molecule has 0 aromatic heterocycles. The van der Waals surface area contributed by atoms with E-state index in [1.165, 1.54) is 0 Å². The van der Waals surface area contributed by atoms with Crippen molar-refractivity contribution >= 4 is 34.1 Å². The van der Waals surface area contributed by atoms with Crippen LogP contribution >= 0.6 is 0 Å². The lowest BCUT2D eigenvalue weighted by atomic mass is 10.1. The second-order valence-electron chi connectivity index (χ2n) is 7.42. The topological polar surface area (TPSA) is 74.2 Å². The Bertz CT molecular complexity index is 1370. The van der Waals surface area contributed by atoms with Crippen molar-refractivity contribution in [1.29, 1.82) is 0 Å². The van der Waals surface area contributed by atoms with Crippen LogP contribution in [0.2, 0.25) is 0 Å². The van der Waals surface area contributed by atoms with Gasteiger partial charge in [-0.25, -0.2) is 0 Å². The Morgan fingerprint density at radius 2 is 0.722 bits per heavy atom. The predicted molar refractivity (Wildman–Crippen MR) is 144 cm³/mol. The fourth-order valence-electron chi connectivity index (χ4n) is 3.08. The fraction of sp³-hybridized carbons (Fsp3) is 0. The average molecular weight is 467 g/mol. The Morgan fingerprint density at radius 1 is 0.417 bits per heavy atom. The SMILES string of the molecule is C=C=C(N=NC(=C=C)c1ccc(N=Nc2ccccc2)cc1)c1ccc(N=Nc2ccccc2)cc1. The summed E-state index contributed by atoms with van der Waals surface area (Å²) in [4.78, 5) is 0. The lowest BCUT2D eigenvalue weighted by Gasteiger charge is -2.01. The molecule has 0 N–H and O–H groups in total. The Kier molecular flexibility index (Phi) is 8.13. The van der Waals surface area contributed by atoms with Crippen LogP contribution in [-0.2, 0) is 0 Å². The minimum Gasteiger partial charge on any atom is -0.151 e. The largest absolute Gasteiger partial charge is 0.151 e. The highest BCUT2D eigenvalue weighted by Gasteiger charge is 2.03. The molecule has 4 rings (SSSR count). The third kappa shape index (κ3) is 6.62. The van der Waals surface area contributed by atoms with E-state index in [0.29, 0.717) is 11.4 Å². The van der Waals surface area contributed by atoms with Gasteiger partial charge in [0.25, 0.3) is 0 Å². The molecule has 0 radical (unpaired) electrons. The van der Waals surface area contributed by atoms with Gasteiger partial charge in [-0.1, -0.05) is 61.0 Å². The summed E-state index contributed by atoms with van der Waals surface area (Å²) in [5, 5.41) is 25.6. The molecule has 0 unspecified atom stereocenters. The molecule has 0 fully saturated rings. The van der Waals surface area contributed by atoms with Gasteiger partial charge in [0.05, 0.1) is 22.7 Å². The molecule has 0 saturated carbocycles. The number of hydrogen-bond donors (Lipinski definition) is 0. The summed E-state index contributed by atoms with van der Waals surface area (Å²) < 4.78 is 0. The maximum Gasteiger partial charge on any atom is 0.134 e. The molecule has 4 aromatic rings. The van der Waals surface area contributed by atoms with Crippen LogP contribution in [0.15, 0.2) is 165 Å². The van der Waals surface area contributed by atoms with Crippen LogP contribution in [0.5, 0.6) is 0 Å². The minimum atomic E-state index is 0.488. The molecule has 0 spiro atoms. The van der Waals surface area contributed by atoms with Gasteiger partial charge in [-0.2, -0.15) is 20.5 Å². The first kappa shape index (κ1) is 23.9. The zero-order valence-electron chi connectivity index (χ0n) is 19.5. The van der Waals surface area contributed by atoms with E-state index in [-0.39, 0.29) is 0 Å². The van der Waals surface area contributed by atoms with E-state index < -0.39 is 0 Å². The van der Waals surface area contributed by atoms with Gasteiger partial charge in [-0.3, -0.25) is 0 Å². The number of benzene rings is 4. The average Bonchev–Trinajstić information content (AvgIpc) is 2.95. The standard InChI is InChI=1S/C30H22N6/c1-3-29(23-15-19-27(20-16-23)33-31-25-11-7-5-8-12-25)35-36-30(4-2)24-17-21-28(22-18-24)34-32-26-13-9-6-10-14-26/h5-22H,1-2H2. The van der Waals surface area contributed by atoms with E-state index in [9.17, 15) is 0 Å². The smallest absolute Gasteiger partial charge is 0.134 e. The number of hydrogen-bond acceptors (Lipinski definition) is 6. The van der Waals surface area contributed by atoms with Crippen molar-refractivity contribution in [2.24, 2.45) is 30.7 Å². The van der Waals surface area contributed by atoms with Crippen molar-refractivity contribution < 1.29 is 0 Å². The van der Waals surface area contributed by atoms with Crippen molar-refractivity contribution in [2.45, 2.75) is 0 Å². The van der Waals surface area contributed by atoms with Gasteiger partial charge < -0.3 is 0 Å². The molecule has 6 nitrogen and oxygen atoms in total. The first-order valence-corrected chi connectivity index (χ1v) is 11.1. The van der Waals surface area contributed by atoms with Crippen LogP contribution in [0, 0.1) is 0 Å². The maximum absolute atomic E-state index is 4.31. The van der Waals surface area contributed by atoms with E-state index in [2.05, 4.69) is 55.3 Å². The van der Waals surface area contributed by atoms with Gasteiger partial charge in [-0.15, -0.1) is 10.2 Å². The number of rotatable bonds is 8. The first-order valence-electron chi connectivity index (χ1n) is 11.1. The Labute approximate surface area is 209 Å². The molecule has 0 atom stereocenters. The first-order chi connectivity index (χ1) is 17.7. The Hall–Kier alpha value is -5.28. The highest BCUT2D eigenvalue weighted by molar-refractivity contribution is 5.68. The molecule has 0 amide bonds. The number of nitrogens with zero attached hydrogens (tertiary/aromatic N) is 6. The maximum atomic E-state index is 4.31. The molecule has 0 aliphatic heterocycles. The van der Waals surface area contributed by atoms with E-state index >= 15 is 0 Å². The van der Waals surface area contributed by atoms with Gasteiger partial charge in [0, 0.05) is 11.1 Å². The lowest BCUT2D eigenvalue weighted by molar-refractivity contribution is 1.22. The zero-order valence-corrected chi connectivity index (χ0v) is 19.5. The van der Waals surface area contributed by atoms with Gasteiger partial charge in [0.2, 0.25) is 0 Å². The van der Waals surface area contributed by atoms with Crippen molar-refractivity contribution in [1.82, 2.24) is 0 Å². The summed E-state index contributed by atoms with van der Waals surface area (Å²) in [5.41, 5.74) is 11.3. The van der Waals surface area contributed by atoms with Crippen LogP contribution in [0.25, 0.3) is 11.4 Å². The second-order valence-corrected chi connectivity index (χ2v) is 7.42. The molecular weight excluding hydrogens is 444 g/mol. The molecule has 0 aliphatic carbocycles. The van der Waals surface area contributed by atoms with Crippen molar-refractivity contribution in [3.05, 3.63) is 145 Å². The molecule has 172 valence electrons. The zero-order chi connectivity index (χ0) is 25.0. The number of azo groups is 3. The third-order valence-corrected chi connectivity index (χ3v) is 4.94. The predicted octanol–water partition coefficient (Wildman–Crippen LogP) is 9.92. The van der Waals surface area contributed by atoms with Crippen LogP contribution in [0.1, 0.15) is 11.1 Å². The molecular formula is C30H22N6. The highest BCUT2D eigenvalue weighted by atomic mass is 15.1. The summed E-state index contributed by atoms with van der Waals surface area (Å²) >= 11 is 0. The van der Waals surface area contributed by atoms with Crippen molar-refractivity contribution in [3.63, 3.8) is 0 Å². The second kappa shape index (κ2) is 12.3. The van der Waals surface area contributed by atoms with Crippen LogP contribution in [-0.4, -0.2) is 0 Å². The van der Waals surface area contributed by atoms with Crippen molar-refractivity contribution in [2.75, 3.05) is 0 Å². The molecule has 0 aliphatic rings. The van der Waals surface area contributed by atoms with Gasteiger partial charge in [-0.05, 0) is 72.8 Å². The molecule has 0 bridgehead atoms. The van der Waals surface area contributed by atoms with Crippen molar-refractivity contribution in [3.8, 4) is 0 Å². The third-order valence-electron chi connectivity index (χ3n) is 4.94.